The maximum atomic E-state index is 12.8. The van der Waals surface area contributed by atoms with Crippen LogP contribution in [-0.2, 0) is 6.54 Å². The zero-order valence-corrected chi connectivity index (χ0v) is 15.0. The first kappa shape index (κ1) is 17.1. The van der Waals surface area contributed by atoms with Crippen molar-refractivity contribution in [2.75, 3.05) is 6.54 Å². The van der Waals surface area contributed by atoms with Crippen molar-refractivity contribution in [2.24, 2.45) is 0 Å². The number of rotatable bonds is 4. The van der Waals surface area contributed by atoms with Gasteiger partial charge in [0.2, 0.25) is 0 Å². The lowest BCUT2D eigenvalue weighted by Gasteiger charge is -2.24. The lowest BCUT2D eigenvalue weighted by Crippen LogP contribution is -2.40. The highest BCUT2D eigenvalue weighted by atomic mass is 16.2. The summed E-state index contributed by atoms with van der Waals surface area (Å²) in [4.78, 5) is 30.9. The van der Waals surface area contributed by atoms with Gasteiger partial charge in [0.25, 0.3) is 11.5 Å². The number of pyridine rings is 1. The molecule has 0 aromatic carbocycles. The van der Waals surface area contributed by atoms with Crippen LogP contribution in [0, 0.1) is 6.92 Å². The first-order valence-electron chi connectivity index (χ1n) is 8.93. The number of hydrogen-bond donors (Lipinski definition) is 1. The highest BCUT2D eigenvalue weighted by molar-refractivity contribution is 5.92. The third-order valence-corrected chi connectivity index (χ3v) is 4.79. The summed E-state index contributed by atoms with van der Waals surface area (Å²) >= 11 is 0. The molecule has 8 nitrogen and oxygen atoms in total. The number of nitrogens with zero attached hydrogens (tertiary/aromatic N) is 5. The normalized spacial score (nSPS) is 16.6. The molecule has 0 spiro atoms. The van der Waals surface area contributed by atoms with Crippen molar-refractivity contribution < 1.29 is 4.79 Å². The Balaban J connectivity index is 1.58. The van der Waals surface area contributed by atoms with Gasteiger partial charge in [0.1, 0.15) is 5.69 Å². The third-order valence-electron chi connectivity index (χ3n) is 4.79. The van der Waals surface area contributed by atoms with E-state index >= 15 is 0 Å². The van der Waals surface area contributed by atoms with Crippen LogP contribution in [0.4, 0.5) is 0 Å². The van der Waals surface area contributed by atoms with E-state index in [0.717, 1.165) is 24.1 Å². The Morgan fingerprint density at radius 2 is 2.07 bits per heavy atom. The van der Waals surface area contributed by atoms with E-state index in [-0.39, 0.29) is 17.5 Å². The first-order chi connectivity index (χ1) is 13.1. The number of aryl methyl sites for hydroxylation is 1. The number of likely N-dealkylation sites (tertiary alicyclic amines) is 1. The predicted octanol–water partition coefficient (Wildman–Crippen LogP) is 1.64. The number of H-pyrrole nitrogens is 1. The van der Waals surface area contributed by atoms with Crippen molar-refractivity contribution in [1.29, 1.82) is 0 Å². The monoisotopic (exact) mass is 364 g/mol. The second kappa shape index (κ2) is 7.14. The van der Waals surface area contributed by atoms with Gasteiger partial charge in [-0.1, -0.05) is 0 Å². The molecule has 1 saturated heterocycles. The minimum Gasteiger partial charge on any atom is -0.332 e. The molecule has 8 heteroatoms. The van der Waals surface area contributed by atoms with Crippen molar-refractivity contribution in [3.8, 4) is 11.3 Å². The quantitative estimate of drug-likeness (QED) is 0.759. The number of aromatic amines is 1. The van der Waals surface area contributed by atoms with E-state index in [1.807, 2.05) is 19.1 Å². The van der Waals surface area contributed by atoms with Gasteiger partial charge < -0.3 is 4.90 Å². The number of carbonyl (C=O) groups is 1. The van der Waals surface area contributed by atoms with Gasteiger partial charge in [-0.25, -0.2) is 4.68 Å². The standard InChI is InChI=1S/C19H20N6O2/c1-13-11-17(22-21-13)19(27)24-10-2-3-15(24)12-25-18(26)5-4-16(23-25)14-6-8-20-9-7-14/h4-9,11,15H,2-3,10,12H2,1H3,(H,21,22). The molecule has 0 saturated carbocycles. The first-order valence-corrected chi connectivity index (χ1v) is 8.93. The Morgan fingerprint density at radius 3 is 2.81 bits per heavy atom. The van der Waals surface area contributed by atoms with Crippen LogP contribution in [0.3, 0.4) is 0 Å². The van der Waals surface area contributed by atoms with E-state index in [1.54, 1.807) is 29.4 Å². The Morgan fingerprint density at radius 1 is 1.26 bits per heavy atom. The third kappa shape index (κ3) is 3.51. The van der Waals surface area contributed by atoms with Crippen molar-refractivity contribution in [3.63, 3.8) is 0 Å². The Bertz CT molecular complexity index is 1010. The van der Waals surface area contributed by atoms with Gasteiger partial charge in [-0.3, -0.25) is 19.7 Å². The lowest BCUT2D eigenvalue weighted by atomic mass is 10.2. The Labute approximate surface area is 155 Å². The fourth-order valence-corrected chi connectivity index (χ4v) is 3.42. The smallest absolute Gasteiger partial charge is 0.274 e. The van der Waals surface area contributed by atoms with Crippen molar-refractivity contribution in [3.05, 3.63) is 64.5 Å². The maximum absolute atomic E-state index is 12.8. The average molecular weight is 364 g/mol. The molecule has 27 heavy (non-hydrogen) atoms. The fraction of sp³-hybridized carbons (Fsp3) is 0.316. The highest BCUT2D eigenvalue weighted by Gasteiger charge is 2.31. The molecule has 1 aliphatic rings. The minimum absolute atomic E-state index is 0.0765. The van der Waals surface area contributed by atoms with Crippen LogP contribution in [0.15, 0.2) is 47.5 Å². The van der Waals surface area contributed by atoms with Crippen LogP contribution in [0.1, 0.15) is 29.0 Å². The molecule has 1 N–H and O–H groups in total. The van der Waals surface area contributed by atoms with E-state index in [0.29, 0.717) is 24.5 Å². The Kier molecular flexibility index (Phi) is 4.53. The Hall–Kier alpha value is -3.29. The maximum Gasteiger partial charge on any atom is 0.274 e. The van der Waals surface area contributed by atoms with E-state index in [9.17, 15) is 9.59 Å². The van der Waals surface area contributed by atoms with E-state index < -0.39 is 0 Å². The molecule has 1 unspecified atom stereocenters. The topological polar surface area (TPSA) is 96.8 Å². The molecule has 4 heterocycles. The van der Waals surface area contributed by atoms with E-state index in [2.05, 4.69) is 20.3 Å². The largest absolute Gasteiger partial charge is 0.332 e. The molecule has 0 aliphatic carbocycles. The van der Waals surface area contributed by atoms with Crippen molar-refractivity contribution >= 4 is 5.91 Å². The van der Waals surface area contributed by atoms with E-state index in [4.69, 9.17) is 0 Å². The van der Waals surface area contributed by atoms with Crippen molar-refractivity contribution in [2.45, 2.75) is 32.4 Å². The van der Waals surface area contributed by atoms with Crippen LogP contribution in [0.5, 0.6) is 0 Å². The molecule has 4 rings (SSSR count). The lowest BCUT2D eigenvalue weighted by molar-refractivity contribution is 0.0714. The minimum atomic E-state index is -0.178. The molecular weight excluding hydrogens is 344 g/mol. The molecule has 3 aromatic rings. The van der Waals surface area contributed by atoms with Gasteiger partial charge in [-0.15, -0.1) is 0 Å². The van der Waals surface area contributed by atoms with Crippen LogP contribution in [0.25, 0.3) is 11.3 Å². The second-order valence-corrected chi connectivity index (χ2v) is 6.71. The van der Waals surface area contributed by atoms with E-state index in [1.165, 1.54) is 10.7 Å². The zero-order chi connectivity index (χ0) is 18.8. The van der Waals surface area contributed by atoms with Crippen LogP contribution in [-0.4, -0.2) is 48.4 Å². The molecule has 1 aliphatic heterocycles. The molecule has 0 bridgehead atoms. The second-order valence-electron chi connectivity index (χ2n) is 6.71. The summed E-state index contributed by atoms with van der Waals surface area (Å²) in [5.41, 5.74) is 2.67. The highest BCUT2D eigenvalue weighted by Crippen LogP contribution is 2.21. The van der Waals surface area contributed by atoms with Crippen molar-refractivity contribution in [1.82, 2.24) is 29.9 Å². The summed E-state index contributed by atoms with van der Waals surface area (Å²) in [5.74, 6) is -0.111. The summed E-state index contributed by atoms with van der Waals surface area (Å²) in [6, 6.07) is 8.59. The summed E-state index contributed by atoms with van der Waals surface area (Å²) in [7, 11) is 0. The summed E-state index contributed by atoms with van der Waals surface area (Å²) in [6.07, 6.45) is 5.12. The molecule has 0 radical (unpaired) electrons. The molecular formula is C19H20N6O2. The average Bonchev–Trinajstić information content (AvgIpc) is 3.33. The van der Waals surface area contributed by atoms with Gasteiger partial charge in [0.15, 0.2) is 0 Å². The molecule has 3 aromatic heterocycles. The summed E-state index contributed by atoms with van der Waals surface area (Å²) < 4.78 is 1.45. The SMILES string of the molecule is Cc1cc(C(=O)N2CCCC2Cn2nc(-c3ccncc3)ccc2=O)n[nH]1. The summed E-state index contributed by atoms with van der Waals surface area (Å²) in [6.45, 7) is 2.89. The number of aromatic nitrogens is 5. The van der Waals surface area contributed by atoms with Crippen LogP contribution < -0.4 is 5.56 Å². The van der Waals surface area contributed by atoms with Gasteiger partial charge in [-0.05, 0) is 44.0 Å². The van der Waals surface area contributed by atoms with Gasteiger partial charge in [-0.2, -0.15) is 10.2 Å². The summed E-state index contributed by atoms with van der Waals surface area (Å²) in [5, 5.41) is 11.4. The fourth-order valence-electron chi connectivity index (χ4n) is 3.42. The van der Waals surface area contributed by atoms with Gasteiger partial charge >= 0.3 is 0 Å². The zero-order valence-electron chi connectivity index (χ0n) is 15.0. The van der Waals surface area contributed by atoms with Crippen LogP contribution in [0.2, 0.25) is 0 Å². The predicted molar refractivity (Wildman–Crippen MR) is 99.1 cm³/mol. The van der Waals surface area contributed by atoms with Crippen LogP contribution >= 0.6 is 0 Å². The number of hydrogen-bond acceptors (Lipinski definition) is 5. The molecule has 138 valence electrons. The molecule has 1 atom stereocenters. The van der Waals surface area contributed by atoms with Gasteiger partial charge in [0.05, 0.1) is 18.3 Å². The number of nitrogens with one attached hydrogen (secondary N) is 1. The molecule has 1 amide bonds. The van der Waals surface area contributed by atoms with Gasteiger partial charge in [0, 0.05) is 36.3 Å². The number of amides is 1. The molecule has 1 fully saturated rings. The number of carbonyl (C=O) groups excluding carboxylic acids is 1.